The lowest BCUT2D eigenvalue weighted by Crippen LogP contribution is -1.91. The van der Waals surface area contributed by atoms with Gasteiger partial charge in [0.2, 0.25) is 0 Å². The van der Waals surface area contributed by atoms with Crippen molar-refractivity contribution >= 4 is 5.69 Å². The van der Waals surface area contributed by atoms with E-state index in [4.69, 9.17) is 10.8 Å². The molecule has 1 rings (SSSR count). The largest absolute Gasteiger partial charge is 0.399 e. The summed E-state index contributed by atoms with van der Waals surface area (Å²) >= 11 is 0. The van der Waals surface area contributed by atoms with Gasteiger partial charge in [0.25, 0.3) is 0 Å². The monoisotopic (exact) mass is 136 g/mol. The fraction of sp³-hybridized carbons (Fsp3) is 0.125. The van der Waals surface area contributed by atoms with Crippen LogP contribution in [0.2, 0.25) is 0 Å². The van der Waals surface area contributed by atoms with Crippen LogP contribution in [0.5, 0.6) is 0 Å². The second-order valence-electron chi connectivity index (χ2n) is 2.19. The predicted octanol–water partition coefficient (Wildman–Crippen LogP) is 0.943. The van der Waals surface area contributed by atoms with E-state index in [-0.39, 0.29) is 6.61 Å². The summed E-state index contributed by atoms with van der Waals surface area (Å²) in [7, 11) is 0. The zero-order valence-electron chi connectivity index (χ0n) is 5.67. The van der Waals surface area contributed by atoms with E-state index in [1.807, 2.05) is 0 Å². The summed E-state index contributed by atoms with van der Waals surface area (Å²) in [5, 5.41) is 8.75. The van der Waals surface area contributed by atoms with Gasteiger partial charge >= 0.3 is 0 Å². The first-order valence-electron chi connectivity index (χ1n) is 3.05. The van der Waals surface area contributed by atoms with Crippen molar-refractivity contribution in [1.29, 1.82) is 0 Å². The molecule has 3 N–H and O–H groups in total. The zero-order valence-corrected chi connectivity index (χ0v) is 5.67. The van der Waals surface area contributed by atoms with Crippen LogP contribution in [0.25, 0.3) is 0 Å². The van der Waals surface area contributed by atoms with Gasteiger partial charge in [-0.05, 0) is 30.2 Å². The average Bonchev–Trinajstić information content (AvgIpc) is 1.94. The molecule has 1 aromatic carbocycles. The van der Waals surface area contributed by atoms with Crippen molar-refractivity contribution in [3.8, 4) is 0 Å². The fourth-order valence-corrected chi connectivity index (χ4v) is 0.793. The Kier molecular flexibility index (Phi) is 1.92. The predicted molar refractivity (Wildman–Crippen MR) is 41.2 cm³/mol. The molecule has 1 aromatic rings. The van der Waals surface area contributed by atoms with Gasteiger partial charge in [-0.2, -0.15) is 0 Å². The molecule has 0 saturated heterocycles. The molecule has 0 spiro atoms. The number of nitrogens with two attached hydrogens (primary N) is 1. The zero-order chi connectivity index (χ0) is 7.56. The molecule has 0 aliphatic rings. The molecule has 0 heterocycles. The Labute approximate surface area is 60.3 Å². The van der Waals surface area contributed by atoms with Gasteiger partial charge in [0.1, 0.15) is 0 Å². The van der Waals surface area contributed by atoms with E-state index in [1.54, 1.807) is 18.2 Å². The minimum absolute atomic E-state index is 0.00384. The molecule has 1 radical (unpaired) electrons. The van der Waals surface area contributed by atoms with Crippen molar-refractivity contribution in [1.82, 2.24) is 0 Å². The number of aliphatic hydroxyl groups excluding tert-OH is 1. The number of rotatable bonds is 1. The number of benzene rings is 1. The quantitative estimate of drug-likeness (QED) is 0.564. The van der Waals surface area contributed by atoms with Crippen LogP contribution < -0.4 is 5.73 Å². The van der Waals surface area contributed by atoms with Crippen molar-refractivity contribution in [3.05, 3.63) is 36.2 Å². The molecule has 0 aliphatic heterocycles. The van der Waals surface area contributed by atoms with Crippen molar-refractivity contribution in [3.63, 3.8) is 0 Å². The molecule has 0 aromatic heterocycles. The van der Waals surface area contributed by atoms with Crippen molar-refractivity contribution < 1.29 is 5.11 Å². The number of nitrogen functional groups attached to an aromatic ring is 1. The summed E-state index contributed by atoms with van der Waals surface area (Å²) in [5.41, 5.74) is 7.75. The standard InChI is InChI=1S/C8H10NO/c1-6-2-3-8(9)4-7(6)5-10/h2-4,10H,1,5,9H2. The summed E-state index contributed by atoms with van der Waals surface area (Å²) in [6.07, 6.45) is 0. The Balaban J connectivity index is 3.09. The van der Waals surface area contributed by atoms with Crippen molar-refractivity contribution in [2.75, 3.05) is 5.73 Å². The topological polar surface area (TPSA) is 46.2 Å². The van der Waals surface area contributed by atoms with Gasteiger partial charge in [-0.1, -0.05) is 6.07 Å². The van der Waals surface area contributed by atoms with Crippen LogP contribution >= 0.6 is 0 Å². The van der Waals surface area contributed by atoms with Crippen LogP contribution in [0.3, 0.4) is 0 Å². The minimum Gasteiger partial charge on any atom is -0.399 e. The first-order valence-corrected chi connectivity index (χ1v) is 3.05. The molecule has 53 valence electrons. The van der Waals surface area contributed by atoms with Gasteiger partial charge in [0.15, 0.2) is 0 Å². The van der Waals surface area contributed by atoms with Crippen LogP contribution in [-0.4, -0.2) is 5.11 Å². The van der Waals surface area contributed by atoms with Gasteiger partial charge in [-0.3, -0.25) is 0 Å². The second-order valence-corrected chi connectivity index (χ2v) is 2.19. The summed E-state index contributed by atoms with van der Waals surface area (Å²) in [4.78, 5) is 0. The van der Waals surface area contributed by atoms with E-state index < -0.39 is 0 Å². The summed E-state index contributed by atoms with van der Waals surface area (Å²) in [5.74, 6) is 0. The summed E-state index contributed by atoms with van der Waals surface area (Å²) in [6, 6.07) is 5.28. The highest BCUT2D eigenvalue weighted by atomic mass is 16.3. The molecular weight excluding hydrogens is 126 g/mol. The lowest BCUT2D eigenvalue weighted by atomic mass is 10.1. The molecule has 0 amide bonds. The fourth-order valence-electron chi connectivity index (χ4n) is 0.793. The molecule has 2 nitrogen and oxygen atoms in total. The van der Waals surface area contributed by atoms with Crippen LogP contribution in [0.1, 0.15) is 11.1 Å². The maximum atomic E-state index is 8.75. The Bertz CT molecular complexity index is 233. The molecular formula is C8H10NO. The van der Waals surface area contributed by atoms with Crippen molar-refractivity contribution in [2.45, 2.75) is 6.61 Å². The molecule has 0 bridgehead atoms. The third kappa shape index (κ3) is 1.28. The molecule has 0 unspecified atom stereocenters. The average molecular weight is 136 g/mol. The first-order chi connectivity index (χ1) is 4.74. The molecule has 10 heavy (non-hydrogen) atoms. The maximum Gasteiger partial charge on any atom is 0.0685 e. The third-order valence-corrected chi connectivity index (χ3v) is 1.40. The van der Waals surface area contributed by atoms with E-state index in [9.17, 15) is 0 Å². The molecule has 0 fully saturated rings. The highest BCUT2D eigenvalue weighted by Crippen LogP contribution is 2.11. The number of hydrogen-bond donors (Lipinski definition) is 2. The van der Waals surface area contributed by atoms with Crippen LogP contribution in [0.4, 0.5) is 5.69 Å². The maximum absolute atomic E-state index is 8.75. The van der Waals surface area contributed by atoms with Gasteiger partial charge in [-0.15, -0.1) is 0 Å². The van der Waals surface area contributed by atoms with E-state index >= 15 is 0 Å². The Morgan fingerprint density at radius 2 is 2.20 bits per heavy atom. The lowest BCUT2D eigenvalue weighted by molar-refractivity contribution is 0.281. The summed E-state index contributed by atoms with van der Waals surface area (Å²) in [6.45, 7) is 3.72. The van der Waals surface area contributed by atoms with E-state index in [2.05, 4.69) is 6.92 Å². The third-order valence-electron chi connectivity index (χ3n) is 1.40. The van der Waals surface area contributed by atoms with E-state index in [0.717, 1.165) is 11.1 Å². The normalized spacial score (nSPS) is 9.80. The van der Waals surface area contributed by atoms with Gasteiger partial charge < -0.3 is 10.8 Å². The van der Waals surface area contributed by atoms with E-state index in [0.29, 0.717) is 5.69 Å². The highest BCUT2D eigenvalue weighted by molar-refractivity contribution is 5.45. The number of aliphatic hydroxyl groups is 1. The summed E-state index contributed by atoms with van der Waals surface area (Å²) < 4.78 is 0. The highest BCUT2D eigenvalue weighted by Gasteiger charge is 1.95. The number of anilines is 1. The smallest absolute Gasteiger partial charge is 0.0685 e. The van der Waals surface area contributed by atoms with Gasteiger partial charge in [0, 0.05) is 5.69 Å². The van der Waals surface area contributed by atoms with Crippen LogP contribution in [0, 0.1) is 6.92 Å². The lowest BCUT2D eigenvalue weighted by Gasteiger charge is -2.01. The van der Waals surface area contributed by atoms with Gasteiger partial charge in [-0.25, -0.2) is 0 Å². The van der Waals surface area contributed by atoms with Gasteiger partial charge in [0.05, 0.1) is 6.61 Å². The molecule has 2 heteroatoms. The molecule has 0 atom stereocenters. The second kappa shape index (κ2) is 2.71. The Morgan fingerprint density at radius 3 is 2.70 bits per heavy atom. The van der Waals surface area contributed by atoms with E-state index in [1.165, 1.54) is 0 Å². The Hall–Kier alpha value is -1.02. The van der Waals surface area contributed by atoms with Crippen LogP contribution in [0.15, 0.2) is 18.2 Å². The first kappa shape index (κ1) is 7.09. The van der Waals surface area contributed by atoms with Crippen LogP contribution in [-0.2, 0) is 6.61 Å². The minimum atomic E-state index is 0.00384. The number of hydrogen-bond acceptors (Lipinski definition) is 2. The molecule has 0 saturated carbocycles. The molecule has 0 aliphatic carbocycles. The van der Waals surface area contributed by atoms with Crippen molar-refractivity contribution in [2.24, 2.45) is 0 Å². The Morgan fingerprint density at radius 1 is 1.50 bits per heavy atom. The SMILES string of the molecule is [CH2]c1ccc(N)cc1CO.